The molecule has 5 aromatic rings. The van der Waals surface area contributed by atoms with E-state index in [-0.39, 0.29) is 17.1 Å². The number of hydrazone groups is 1. The second-order valence-corrected chi connectivity index (χ2v) is 13.6. The van der Waals surface area contributed by atoms with Gasteiger partial charge in [-0.3, -0.25) is 13.9 Å². The molecule has 19 nitrogen and oxygen atoms in total. The zero-order valence-corrected chi connectivity index (χ0v) is 28.0. The van der Waals surface area contributed by atoms with Gasteiger partial charge >= 0.3 is 5.97 Å². The van der Waals surface area contributed by atoms with Crippen LogP contribution < -0.4 is 5.01 Å². The zero-order valence-electron chi connectivity index (χ0n) is 26.4. The van der Waals surface area contributed by atoms with Crippen LogP contribution >= 0.6 is 0 Å². The third kappa shape index (κ3) is 7.48. The number of azo groups is 3. The molecule has 5 N–H and O–H groups in total. The number of fused-ring (bicyclic) bond motifs is 1. The molecule has 0 spiro atoms. The molecule has 0 aromatic heterocycles. The van der Waals surface area contributed by atoms with Gasteiger partial charge in [-0.1, -0.05) is 36.4 Å². The van der Waals surface area contributed by atoms with E-state index in [2.05, 4.69) is 35.8 Å². The molecule has 1 heterocycles. The van der Waals surface area contributed by atoms with Crippen LogP contribution in [0.2, 0.25) is 0 Å². The smallest absolute Gasteiger partial charge is 0.355 e. The molecule has 0 aliphatic carbocycles. The van der Waals surface area contributed by atoms with Gasteiger partial charge in [-0.25, -0.2) is 4.79 Å². The van der Waals surface area contributed by atoms with E-state index in [1.54, 1.807) is 48.5 Å². The van der Waals surface area contributed by atoms with Gasteiger partial charge in [0.25, 0.3) is 26.1 Å². The predicted molar refractivity (Wildman–Crippen MR) is 185 cm³/mol. The number of nitrogens with zero attached hydrogens (tertiary/aromatic N) is 8. The van der Waals surface area contributed by atoms with Crippen molar-refractivity contribution >= 4 is 82.7 Å². The second kappa shape index (κ2) is 14.1. The molecular formula is C32H22N8O11S2. The van der Waals surface area contributed by atoms with E-state index < -0.39 is 87.3 Å². The van der Waals surface area contributed by atoms with E-state index in [0.29, 0.717) is 17.8 Å². The van der Waals surface area contributed by atoms with Crippen molar-refractivity contribution in [2.24, 2.45) is 35.8 Å². The molecule has 0 fully saturated rings. The van der Waals surface area contributed by atoms with Crippen molar-refractivity contribution in [1.82, 2.24) is 0 Å². The summed E-state index contributed by atoms with van der Waals surface area (Å²) in [5.74, 6) is -4.33. The fraction of sp³-hybridized carbons (Fsp3) is 0.0312. The highest BCUT2D eigenvalue weighted by Crippen LogP contribution is 2.50. The summed E-state index contributed by atoms with van der Waals surface area (Å²) in [7, 11) is -10.3. The number of carbonyl (C=O) groups is 2. The van der Waals surface area contributed by atoms with Gasteiger partial charge in [0.05, 0.1) is 28.1 Å². The summed E-state index contributed by atoms with van der Waals surface area (Å²) in [4.78, 5) is 22.7. The van der Waals surface area contributed by atoms with Crippen LogP contribution in [0.25, 0.3) is 10.8 Å². The second-order valence-electron chi connectivity index (χ2n) is 10.8. The molecule has 21 heteroatoms. The van der Waals surface area contributed by atoms with Crippen LogP contribution in [0, 0.1) is 0 Å². The van der Waals surface area contributed by atoms with Gasteiger partial charge in [0.2, 0.25) is 6.04 Å². The van der Waals surface area contributed by atoms with Gasteiger partial charge < -0.3 is 15.3 Å². The Hall–Kier alpha value is -6.81. The minimum atomic E-state index is -5.19. The van der Waals surface area contributed by atoms with Gasteiger partial charge in [0, 0.05) is 0 Å². The van der Waals surface area contributed by atoms with Crippen molar-refractivity contribution in [3.05, 3.63) is 97.1 Å². The summed E-state index contributed by atoms with van der Waals surface area (Å²) in [6.07, 6.45) is 0. The fourth-order valence-electron chi connectivity index (χ4n) is 4.93. The van der Waals surface area contributed by atoms with Crippen molar-refractivity contribution in [3.8, 4) is 11.5 Å². The Morgan fingerprint density at radius 1 is 0.660 bits per heavy atom. The molecule has 1 aliphatic rings. The summed E-state index contributed by atoms with van der Waals surface area (Å²) in [5, 5.41) is 58.6. The zero-order chi connectivity index (χ0) is 38.1. The van der Waals surface area contributed by atoms with Crippen LogP contribution in [0.15, 0.2) is 143 Å². The van der Waals surface area contributed by atoms with Crippen molar-refractivity contribution < 1.29 is 50.8 Å². The molecule has 53 heavy (non-hydrogen) atoms. The van der Waals surface area contributed by atoms with Crippen LogP contribution in [0.4, 0.5) is 34.1 Å². The van der Waals surface area contributed by atoms with E-state index in [1.165, 1.54) is 36.4 Å². The summed E-state index contributed by atoms with van der Waals surface area (Å²) >= 11 is 0. The fourth-order valence-corrected chi connectivity index (χ4v) is 6.25. The van der Waals surface area contributed by atoms with Crippen LogP contribution in [-0.4, -0.2) is 64.9 Å². The topological polar surface area (TPSA) is 293 Å². The molecular weight excluding hydrogens is 737 g/mol. The van der Waals surface area contributed by atoms with Gasteiger partial charge in [0.1, 0.15) is 21.2 Å². The normalized spacial score (nSPS) is 15.3. The molecule has 0 saturated heterocycles. The minimum Gasteiger partial charge on any atom is -0.505 e. The minimum absolute atomic E-state index is 0.0213. The highest BCUT2D eigenvalue weighted by atomic mass is 32.2. The maximum atomic E-state index is 12.9. The van der Waals surface area contributed by atoms with Crippen molar-refractivity contribution in [2.45, 2.75) is 15.8 Å². The Balaban J connectivity index is 1.34. The first-order valence-corrected chi connectivity index (χ1v) is 17.6. The maximum absolute atomic E-state index is 12.9. The number of phenols is 2. The third-order valence-corrected chi connectivity index (χ3v) is 9.10. The Bertz CT molecular complexity index is 2640. The Morgan fingerprint density at radius 3 is 1.58 bits per heavy atom. The molecule has 1 amide bonds. The monoisotopic (exact) mass is 758 g/mol. The predicted octanol–water partition coefficient (Wildman–Crippen LogP) is 6.51. The Kier molecular flexibility index (Phi) is 9.56. The number of hydrogen-bond donors (Lipinski definition) is 5. The van der Waals surface area contributed by atoms with Gasteiger partial charge in [0.15, 0.2) is 17.2 Å². The van der Waals surface area contributed by atoms with Gasteiger partial charge in [-0.05, 0) is 66.0 Å². The number of benzene rings is 5. The molecule has 1 aliphatic heterocycles. The van der Waals surface area contributed by atoms with Crippen LogP contribution in [0.5, 0.6) is 11.5 Å². The number of para-hydroxylation sites is 1. The number of anilines is 1. The first-order valence-electron chi connectivity index (χ1n) is 14.7. The molecule has 0 bridgehead atoms. The number of phenolic OH excluding ortho intramolecular Hbond substituents is 2. The number of aliphatic carboxylic acids is 1. The average molecular weight is 759 g/mol. The number of amides is 1. The van der Waals surface area contributed by atoms with Crippen molar-refractivity contribution in [2.75, 3.05) is 5.01 Å². The summed E-state index contributed by atoms with van der Waals surface area (Å²) < 4.78 is 69.0. The Morgan fingerprint density at radius 2 is 1.11 bits per heavy atom. The van der Waals surface area contributed by atoms with E-state index in [1.807, 2.05) is 0 Å². The lowest BCUT2D eigenvalue weighted by atomic mass is 10.1. The molecule has 268 valence electrons. The maximum Gasteiger partial charge on any atom is 0.355 e. The lowest BCUT2D eigenvalue weighted by Crippen LogP contribution is -2.32. The largest absolute Gasteiger partial charge is 0.505 e. The van der Waals surface area contributed by atoms with E-state index in [0.717, 1.165) is 5.01 Å². The Labute approximate surface area is 298 Å². The molecule has 5 aromatic carbocycles. The highest BCUT2D eigenvalue weighted by molar-refractivity contribution is 7.86. The first kappa shape index (κ1) is 36.0. The average Bonchev–Trinajstić information content (AvgIpc) is 3.46. The SMILES string of the molecule is O=C(O)C1=NN(c2ccccc2)C(=O)C1N=Nc1ccc(N=Nc2c(S(=O)(=O)O)cc3cc(S(=O)(=O)O)c(N=Nc4ccccc4)c(O)c3c2O)cc1. The van der Waals surface area contributed by atoms with Crippen molar-refractivity contribution in [1.29, 1.82) is 0 Å². The summed E-state index contributed by atoms with van der Waals surface area (Å²) in [5.41, 5.74) is -1.53. The number of aromatic hydroxyl groups is 2. The first-order chi connectivity index (χ1) is 25.1. The van der Waals surface area contributed by atoms with Crippen molar-refractivity contribution in [3.63, 3.8) is 0 Å². The quantitative estimate of drug-likeness (QED) is 0.0754. The summed E-state index contributed by atoms with van der Waals surface area (Å²) in [6.45, 7) is 0. The summed E-state index contributed by atoms with van der Waals surface area (Å²) in [6, 6.07) is 21.1. The molecule has 6 rings (SSSR count). The number of hydrogen-bond acceptors (Lipinski definition) is 15. The van der Waals surface area contributed by atoms with E-state index in [4.69, 9.17) is 0 Å². The van der Waals surface area contributed by atoms with Crippen LogP contribution in [0.1, 0.15) is 0 Å². The number of carboxylic acid groups (broad SMARTS) is 1. The van der Waals surface area contributed by atoms with Gasteiger partial charge in [-0.15, -0.1) is 10.2 Å². The number of carbonyl (C=O) groups excluding carboxylic acids is 1. The molecule has 0 radical (unpaired) electrons. The standard InChI is InChI=1S/C32H22N8O11S2/c41-29-24-17(15-22(52(46,47)48)25(29)36-33-18-7-3-1-4-8-18)16-23(53(49,50)51)26(30(24)42)37-34-19-11-13-20(14-12-19)35-38-27-28(32(44)45)39-40(31(27)43)21-9-5-2-6-10-21/h1-16,27,41-42H,(H,44,45)(H,46,47,48)(H,49,50,51). The number of carboxylic acids is 1. The lowest BCUT2D eigenvalue weighted by Gasteiger charge is -2.13. The number of rotatable bonds is 10. The van der Waals surface area contributed by atoms with E-state index >= 15 is 0 Å². The van der Waals surface area contributed by atoms with Crippen LogP contribution in [-0.2, 0) is 29.8 Å². The molecule has 1 atom stereocenters. The lowest BCUT2D eigenvalue weighted by molar-refractivity contribution is -0.130. The van der Waals surface area contributed by atoms with Crippen LogP contribution in [0.3, 0.4) is 0 Å². The van der Waals surface area contributed by atoms with Gasteiger partial charge in [-0.2, -0.15) is 47.4 Å². The highest BCUT2D eigenvalue weighted by Gasteiger charge is 2.41. The third-order valence-electron chi connectivity index (χ3n) is 7.36. The van der Waals surface area contributed by atoms with E-state index in [9.17, 15) is 50.8 Å². The molecule has 1 unspecified atom stereocenters. The molecule has 0 saturated carbocycles.